The van der Waals surface area contributed by atoms with Crippen LogP contribution in [0.15, 0.2) is 18.3 Å². The lowest BCUT2D eigenvalue weighted by molar-refractivity contribution is -0.385. The van der Waals surface area contributed by atoms with Gasteiger partial charge in [-0.3, -0.25) is 10.1 Å². The molecule has 1 heterocycles. The van der Waals surface area contributed by atoms with Gasteiger partial charge >= 0.3 is 5.69 Å². The van der Waals surface area contributed by atoms with Crippen molar-refractivity contribution in [1.82, 2.24) is 4.98 Å². The van der Waals surface area contributed by atoms with Gasteiger partial charge in [0, 0.05) is 6.20 Å². The normalized spacial score (nSPS) is 10.4. The molecule has 2 rings (SSSR count). The van der Waals surface area contributed by atoms with E-state index in [0.29, 0.717) is 16.7 Å². The number of nitro benzene ring substituents is 1. The summed E-state index contributed by atoms with van der Waals surface area (Å²) < 4.78 is 10.1. The van der Waals surface area contributed by atoms with Crippen molar-refractivity contribution in [2.45, 2.75) is 0 Å². The smallest absolute Gasteiger partial charge is 0.315 e. The van der Waals surface area contributed by atoms with Crippen LogP contribution in [0.25, 0.3) is 10.9 Å². The van der Waals surface area contributed by atoms with Crippen molar-refractivity contribution in [3.05, 3.63) is 28.4 Å². The van der Waals surface area contributed by atoms with Crippen LogP contribution in [-0.2, 0) is 0 Å². The Morgan fingerprint density at radius 1 is 1.38 bits per heavy atom. The van der Waals surface area contributed by atoms with Crippen LogP contribution in [0.4, 0.5) is 5.69 Å². The number of ether oxygens (including phenoxy) is 2. The van der Waals surface area contributed by atoms with Gasteiger partial charge in [0.25, 0.3) is 0 Å². The predicted molar refractivity (Wildman–Crippen MR) is 58.1 cm³/mol. The average Bonchev–Trinajstić information content (AvgIpc) is 2.75. The predicted octanol–water partition coefficient (Wildman–Crippen LogP) is 2.09. The molecule has 6 heteroatoms. The summed E-state index contributed by atoms with van der Waals surface area (Å²) in [5, 5.41) is 11.5. The maximum atomic E-state index is 10.9. The molecule has 1 aromatic carbocycles. The molecule has 0 aliphatic rings. The molecule has 16 heavy (non-hydrogen) atoms. The highest BCUT2D eigenvalue weighted by Gasteiger charge is 2.22. The first kappa shape index (κ1) is 10.3. The van der Waals surface area contributed by atoms with Gasteiger partial charge in [0.15, 0.2) is 0 Å². The van der Waals surface area contributed by atoms with Gasteiger partial charge in [0.05, 0.1) is 36.1 Å². The molecule has 0 bridgehead atoms. The van der Waals surface area contributed by atoms with Gasteiger partial charge in [-0.15, -0.1) is 0 Å². The van der Waals surface area contributed by atoms with Crippen molar-refractivity contribution < 1.29 is 14.4 Å². The number of aromatic nitrogens is 1. The lowest BCUT2D eigenvalue weighted by Crippen LogP contribution is -1.96. The number of hydrogen-bond acceptors (Lipinski definition) is 4. The van der Waals surface area contributed by atoms with Gasteiger partial charge in [-0.1, -0.05) is 0 Å². The number of nitrogens with one attached hydrogen (secondary N) is 1. The first-order chi connectivity index (χ1) is 7.69. The summed E-state index contributed by atoms with van der Waals surface area (Å²) >= 11 is 0. The highest BCUT2D eigenvalue weighted by Crippen LogP contribution is 2.40. The van der Waals surface area contributed by atoms with Gasteiger partial charge < -0.3 is 14.5 Å². The molecular weight excluding hydrogens is 212 g/mol. The monoisotopic (exact) mass is 222 g/mol. The van der Waals surface area contributed by atoms with Crippen LogP contribution in [0.2, 0.25) is 0 Å². The van der Waals surface area contributed by atoms with E-state index in [1.807, 2.05) is 0 Å². The van der Waals surface area contributed by atoms with Crippen LogP contribution in [0, 0.1) is 10.1 Å². The van der Waals surface area contributed by atoms with E-state index in [0.717, 1.165) is 0 Å². The SMILES string of the molecule is COc1c([N+](=O)[O-])cc(OC)c2[nH]ccc12. The Bertz CT molecular complexity index is 547. The molecule has 0 aliphatic carbocycles. The van der Waals surface area contributed by atoms with E-state index in [1.54, 1.807) is 12.3 Å². The molecule has 6 nitrogen and oxygen atoms in total. The number of fused-ring (bicyclic) bond motifs is 1. The molecule has 0 radical (unpaired) electrons. The van der Waals surface area contributed by atoms with E-state index in [9.17, 15) is 10.1 Å². The molecule has 0 spiro atoms. The van der Waals surface area contributed by atoms with E-state index in [2.05, 4.69) is 4.98 Å². The minimum Gasteiger partial charge on any atom is -0.494 e. The van der Waals surface area contributed by atoms with E-state index in [1.165, 1.54) is 20.3 Å². The Hall–Kier alpha value is -2.24. The van der Waals surface area contributed by atoms with Gasteiger partial charge in [-0.05, 0) is 6.07 Å². The van der Waals surface area contributed by atoms with Crippen LogP contribution in [0.5, 0.6) is 11.5 Å². The highest BCUT2D eigenvalue weighted by atomic mass is 16.6. The first-order valence-corrected chi connectivity index (χ1v) is 4.55. The molecule has 1 aromatic heterocycles. The zero-order valence-electron chi connectivity index (χ0n) is 8.81. The van der Waals surface area contributed by atoms with E-state index >= 15 is 0 Å². The summed E-state index contributed by atoms with van der Waals surface area (Å²) in [6, 6.07) is 3.06. The van der Waals surface area contributed by atoms with Crippen LogP contribution in [0.3, 0.4) is 0 Å². The van der Waals surface area contributed by atoms with Crippen LogP contribution >= 0.6 is 0 Å². The number of methoxy groups -OCH3 is 2. The summed E-state index contributed by atoms with van der Waals surface area (Å²) in [5.41, 5.74) is 0.580. The summed E-state index contributed by atoms with van der Waals surface area (Å²) in [7, 11) is 2.87. The fourth-order valence-electron chi connectivity index (χ4n) is 1.67. The summed E-state index contributed by atoms with van der Waals surface area (Å²) in [5.74, 6) is 0.662. The Balaban J connectivity index is 2.84. The van der Waals surface area contributed by atoms with Crippen LogP contribution in [0.1, 0.15) is 0 Å². The minimum absolute atomic E-state index is 0.105. The zero-order valence-corrected chi connectivity index (χ0v) is 8.81. The van der Waals surface area contributed by atoms with E-state index in [4.69, 9.17) is 9.47 Å². The first-order valence-electron chi connectivity index (χ1n) is 4.55. The minimum atomic E-state index is -0.492. The second kappa shape index (κ2) is 3.73. The Kier molecular flexibility index (Phi) is 2.40. The lowest BCUT2D eigenvalue weighted by Gasteiger charge is -2.06. The second-order valence-electron chi connectivity index (χ2n) is 3.15. The van der Waals surface area contributed by atoms with Gasteiger partial charge in [0.2, 0.25) is 5.75 Å². The molecule has 0 saturated heterocycles. The summed E-state index contributed by atoms with van der Waals surface area (Å²) in [6.45, 7) is 0. The molecule has 0 aliphatic heterocycles. The third kappa shape index (κ3) is 1.35. The number of rotatable bonds is 3. The van der Waals surface area contributed by atoms with Crippen molar-refractivity contribution in [3.8, 4) is 11.5 Å². The van der Waals surface area contributed by atoms with Gasteiger partial charge in [-0.25, -0.2) is 0 Å². The molecule has 0 atom stereocenters. The fourth-order valence-corrected chi connectivity index (χ4v) is 1.67. The summed E-state index contributed by atoms with van der Waals surface area (Å²) in [4.78, 5) is 13.3. The number of hydrogen-bond donors (Lipinski definition) is 1. The fraction of sp³-hybridized carbons (Fsp3) is 0.200. The number of H-pyrrole nitrogens is 1. The molecule has 0 unspecified atom stereocenters. The number of nitro groups is 1. The molecule has 2 aromatic rings. The maximum absolute atomic E-state index is 10.9. The summed E-state index contributed by atoms with van der Waals surface area (Å²) in [6.07, 6.45) is 1.68. The Morgan fingerprint density at radius 2 is 2.12 bits per heavy atom. The molecule has 0 amide bonds. The van der Waals surface area contributed by atoms with E-state index in [-0.39, 0.29) is 11.4 Å². The molecule has 0 saturated carbocycles. The van der Waals surface area contributed by atoms with Crippen molar-refractivity contribution in [1.29, 1.82) is 0 Å². The number of benzene rings is 1. The Morgan fingerprint density at radius 3 is 2.69 bits per heavy atom. The van der Waals surface area contributed by atoms with Gasteiger partial charge in [0.1, 0.15) is 5.75 Å². The maximum Gasteiger partial charge on any atom is 0.315 e. The second-order valence-corrected chi connectivity index (χ2v) is 3.15. The molecular formula is C10H10N2O4. The Labute approximate surface area is 90.9 Å². The molecule has 0 fully saturated rings. The van der Waals surface area contributed by atoms with Crippen LogP contribution < -0.4 is 9.47 Å². The lowest BCUT2D eigenvalue weighted by atomic mass is 10.2. The standard InChI is InChI=1S/C10H10N2O4/c1-15-8-5-7(12(13)14)10(16-2)6-3-4-11-9(6)8/h3-5,11H,1-2H3. The number of nitrogens with zero attached hydrogens (tertiary/aromatic N) is 1. The molecule has 84 valence electrons. The topological polar surface area (TPSA) is 77.4 Å². The van der Waals surface area contributed by atoms with Crippen molar-refractivity contribution in [3.63, 3.8) is 0 Å². The third-order valence-corrected chi connectivity index (χ3v) is 2.36. The van der Waals surface area contributed by atoms with Crippen molar-refractivity contribution in [2.24, 2.45) is 0 Å². The van der Waals surface area contributed by atoms with Crippen molar-refractivity contribution in [2.75, 3.05) is 14.2 Å². The van der Waals surface area contributed by atoms with E-state index < -0.39 is 4.92 Å². The van der Waals surface area contributed by atoms with Crippen LogP contribution in [-0.4, -0.2) is 24.1 Å². The molecule has 1 N–H and O–H groups in total. The highest BCUT2D eigenvalue weighted by molar-refractivity contribution is 5.94. The largest absolute Gasteiger partial charge is 0.494 e. The quantitative estimate of drug-likeness (QED) is 0.637. The average molecular weight is 222 g/mol. The third-order valence-electron chi connectivity index (χ3n) is 2.36. The van der Waals surface area contributed by atoms with Gasteiger partial charge in [-0.2, -0.15) is 0 Å². The van der Waals surface area contributed by atoms with Crippen molar-refractivity contribution >= 4 is 16.6 Å². The number of aromatic amines is 1. The zero-order chi connectivity index (χ0) is 11.7.